The van der Waals surface area contributed by atoms with Gasteiger partial charge in [0.15, 0.2) is 0 Å². The molecule has 0 bridgehead atoms. The number of carbonyl (C=O) groups excluding carboxylic acids is 2. The highest BCUT2D eigenvalue weighted by Gasteiger charge is 2.37. The van der Waals surface area contributed by atoms with Crippen LogP contribution < -0.4 is 4.90 Å². The van der Waals surface area contributed by atoms with Gasteiger partial charge in [-0.05, 0) is 66.0 Å². The Kier molecular flexibility index (Phi) is 5.01. The number of hydrogen-bond acceptors (Lipinski definition) is 2. The van der Waals surface area contributed by atoms with E-state index in [1.165, 1.54) is 17.5 Å². The third kappa shape index (κ3) is 3.57. The van der Waals surface area contributed by atoms with E-state index in [4.69, 9.17) is 0 Å². The minimum atomic E-state index is -0.0217. The van der Waals surface area contributed by atoms with E-state index in [0.29, 0.717) is 24.1 Å². The lowest BCUT2D eigenvalue weighted by Crippen LogP contribution is -2.35. The van der Waals surface area contributed by atoms with Crippen molar-refractivity contribution in [2.45, 2.75) is 64.7 Å². The van der Waals surface area contributed by atoms with E-state index < -0.39 is 0 Å². The van der Waals surface area contributed by atoms with Gasteiger partial charge in [-0.25, -0.2) is 4.79 Å². The summed E-state index contributed by atoms with van der Waals surface area (Å²) in [6.07, 6.45) is 8.01. The summed E-state index contributed by atoms with van der Waals surface area (Å²) >= 11 is 0. The molecule has 1 amide bonds. The molecule has 2 aliphatic rings. The molecule has 0 atom stereocenters. The zero-order valence-corrected chi connectivity index (χ0v) is 17.1. The van der Waals surface area contributed by atoms with Crippen LogP contribution in [0, 0.1) is 0 Å². The minimum absolute atomic E-state index is 0.0217. The molecule has 0 radical (unpaired) electrons. The first kappa shape index (κ1) is 19.4. The van der Waals surface area contributed by atoms with Crippen molar-refractivity contribution in [2.24, 2.45) is 0 Å². The van der Waals surface area contributed by atoms with Crippen molar-refractivity contribution in [3.05, 3.63) is 58.7 Å². The van der Waals surface area contributed by atoms with Gasteiger partial charge < -0.3 is 4.90 Å². The standard InChI is InChI=1S/C24H29NO2/c1-6-25(22(27)18-9-7-17(16-26)8-10-18)19-11-12-20-21(15-19)24(4,5)14-13-23(20,2)3/h7,9-12,15H,6,8,13-14H2,1-5H3. The summed E-state index contributed by atoms with van der Waals surface area (Å²) in [6.45, 7) is 11.8. The van der Waals surface area contributed by atoms with Crippen LogP contribution in [0.2, 0.25) is 0 Å². The third-order valence-electron chi connectivity index (χ3n) is 6.09. The lowest BCUT2D eigenvalue weighted by Gasteiger charge is -2.42. The van der Waals surface area contributed by atoms with Crippen molar-refractivity contribution in [1.82, 2.24) is 0 Å². The zero-order chi connectivity index (χ0) is 19.8. The molecule has 0 unspecified atom stereocenters. The second-order valence-electron chi connectivity index (χ2n) is 8.87. The molecule has 1 aromatic rings. The fraction of sp³-hybridized carbons (Fsp3) is 0.458. The van der Waals surface area contributed by atoms with Crippen LogP contribution in [0.1, 0.15) is 65.0 Å². The number of allylic oxidation sites excluding steroid dienone is 3. The Morgan fingerprint density at radius 1 is 1.07 bits per heavy atom. The second-order valence-corrected chi connectivity index (χ2v) is 8.87. The Bertz CT molecular complexity index is 880. The van der Waals surface area contributed by atoms with E-state index >= 15 is 0 Å². The molecule has 0 N–H and O–H groups in total. The number of fused-ring (bicyclic) bond motifs is 1. The molecule has 0 spiro atoms. The summed E-state index contributed by atoms with van der Waals surface area (Å²) in [5.41, 5.74) is 5.16. The molecular formula is C24H29NO2. The van der Waals surface area contributed by atoms with Crippen molar-refractivity contribution >= 4 is 17.5 Å². The molecule has 3 rings (SSSR count). The summed E-state index contributed by atoms with van der Waals surface area (Å²) in [4.78, 5) is 25.7. The van der Waals surface area contributed by atoms with Crippen molar-refractivity contribution in [3.63, 3.8) is 0 Å². The van der Waals surface area contributed by atoms with Gasteiger partial charge in [0.2, 0.25) is 0 Å². The van der Waals surface area contributed by atoms with Crippen LogP contribution in [0.3, 0.4) is 0 Å². The van der Waals surface area contributed by atoms with Crippen molar-refractivity contribution in [2.75, 3.05) is 11.4 Å². The van der Waals surface area contributed by atoms with Crippen molar-refractivity contribution < 1.29 is 9.59 Å². The predicted molar refractivity (Wildman–Crippen MR) is 111 cm³/mol. The average Bonchev–Trinajstić information content (AvgIpc) is 2.66. The average molecular weight is 364 g/mol. The van der Waals surface area contributed by atoms with Crippen LogP contribution in [0.15, 0.2) is 47.6 Å². The predicted octanol–water partition coefficient (Wildman–Crippen LogP) is 5.03. The van der Waals surface area contributed by atoms with Gasteiger partial charge in [-0.2, -0.15) is 0 Å². The Balaban J connectivity index is 1.98. The van der Waals surface area contributed by atoms with Gasteiger partial charge in [-0.15, -0.1) is 0 Å². The number of anilines is 1. The van der Waals surface area contributed by atoms with Crippen LogP contribution in [0.4, 0.5) is 5.69 Å². The van der Waals surface area contributed by atoms with Crippen molar-refractivity contribution in [1.29, 1.82) is 0 Å². The molecule has 3 heteroatoms. The number of hydrogen-bond donors (Lipinski definition) is 0. The highest BCUT2D eigenvalue weighted by molar-refractivity contribution is 6.08. The number of benzene rings is 1. The van der Waals surface area contributed by atoms with Gasteiger partial charge in [0.25, 0.3) is 5.91 Å². The Morgan fingerprint density at radius 3 is 2.30 bits per heavy atom. The van der Waals surface area contributed by atoms with E-state index in [-0.39, 0.29) is 16.7 Å². The Morgan fingerprint density at radius 2 is 1.74 bits per heavy atom. The molecule has 2 aliphatic carbocycles. The van der Waals surface area contributed by atoms with Gasteiger partial charge in [0.1, 0.15) is 5.94 Å². The molecule has 0 aliphatic heterocycles. The maximum atomic E-state index is 13.1. The highest BCUT2D eigenvalue weighted by Crippen LogP contribution is 2.46. The monoisotopic (exact) mass is 363 g/mol. The van der Waals surface area contributed by atoms with E-state index in [1.807, 2.05) is 23.8 Å². The topological polar surface area (TPSA) is 37.4 Å². The maximum absolute atomic E-state index is 13.1. The smallest absolute Gasteiger partial charge is 0.257 e. The second kappa shape index (κ2) is 6.98. The molecule has 0 aromatic heterocycles. The van der Waals surface area contributed by atoms with Gasteiger partial charge >= 0.3 is 0 Å². The zero-order valence-electron chi connectivity index (χ0n) is 17.1. The highest BCUT2D eigenvalue weighted by atomic mass is 16.2. The van der Waals surface area contributed by atoms with Crippen LogP contribution in [-0.2, 0) is 20.4 Å². The summed E-state index contributed by atoms with van der Waals surface area (Å²) in [5.74, 6) is 1.88. The summed E-state index contributed by atoms with van der Waals surface area (Å²) in [7, 11) is 0. The van der Waals surface area contributed by atoms with Gasteiger partial charge in [-0.1, -0.05) is 39.8 Å². The molecule has 0 fully saturated rings. The molecule has 142 valence electrons. The number of likely N-dealkylation sites (N-methyl/N-ethyl adjacent to an activating group) is 1. The van der Waals surface area contributed by atoms with Gasteiger partial charge in [0, 0.05) is 29.8 Å². The first-order valence-electron chi connectivity index (χ1n) is 9.79. The van der Waals surface area contributed by atoms with E-state index in [2.05, 4.69) is 45.9 Å². The van der Waals surface area contributed by atoms with Crippen molar-refractivity contribution in [3.8, 4) is 0 Å². The van der Waals surface area contributed by atoms with Crippen LogP contribution in [0.5, 0.6) is 0 Å². The normalized spacial score (nSPS) is 19.7. The number of nitrogens with zero attached hydrogens (tertiary/aromatic N) is 1. The molecule has 0 saturated heterocycles. The maximum Gasteiger partial charge on any atom is 0.257 e. The van der Waals surface area contributed by atoms with Gasteiger partial charge in [-0.3, -0.25) is 4.79 Å². The lowest BCUT2D eigenvalue weighted by molar-refractivity contribution is -0.114. The summed E-state index contributed by atoms with van der Waals surface area (Å²) in [5, 5.41) is 0. The van der Waals surface area contributed by atoms with Crippen LogP contribution in [-0.4, -0.2) is 18.4 Å². The SMILES string of the molecule is CCN(C(=O)C1=CCC(=C=O)C=C1)c1ccc2c(c1)C(C)(C)CCC2(C)C. The lowest BCUT2D eigenvalue weighted by atomic mass is 9.63. The van der Waals surface area contributed by atoms with Crippen LogP contribution in [0.25, 0.3) is 0 Å². The molecule has 3 nitrogen and oxygen atoms in total. The molecule has 27 heavy (non-hydrogen) atoms. The number of carbonyl (C=O) groups is 1. The summed E-state index contributed by atoms with van der Waals surface area (Å²) < 4.78 is 0. The van der Waals surface area contributed by atoms with Crippen LogP contribution >= 0.6 is 0 Å². The molecular weight excluding hydrogens is 334 g/mol. The Hall–Kier alpha value is -2.38. The Labute approximate surface area is 162 Å². The van der Waals surface area contributed by atoms with E-state index in [0.717, 1.165) is 12.1 Å². The fourth-order valence-electron chi connectivity index (χ4n) is 4.12. The van der Waals surface area contributed by atoms with E-state index in [9.17, 15) is 9.59 Å². The molecule has 1 aromatic carbocycles. The largest absolute Gasteiger partial charge is 0.309 e. The first-order valence-corrected chi connectivity index (χ1v) is 9.79. The summed E-state index contributed by atoms with van der Waals surface area (Å²) in [6, 6.07) is 6.49. The minimum Gasteiger partial charge on any atom is -0.309 e. The number of rotatable bonds is 3. The van der Waals surface area contributed by atoms with E-state index in [1.54, 1.807) is 12.2 Å². The van der Waals surface area contributed by atoms with Gasteiger partial charge in [0.05, 0.1) is 0 Å². The number of amides is 1. The quantitative estimate of drug-likeness (QED) is 0.706. The third-order valence-corrected chi connectivity index (χ3v) is 6.09. The molecule has 0 saturated carbocycles. The fourth-order valence-corrected chi connectivity index (χ4v) is 4.12. The first-order chi connectivity index (χ1) is 12.7. The molecule has 0 heterocycles.